The van der Waals surface area contributed by atoms with Crippen LogP contribution in [0.2, 0.25) is 0 Å². The summed E-state index contributed by atoms with van der Waals surface area (Å²) < 4.78 is 22.2. The number of hydrogen-bond acceptors (Lipinski definition) is 4. The van der Waals surface area contributed by atoms with E-state index in [1.165, 1.54) is 12.1 Å². The van der Waals surface area contributed by atoms with E-state index in [1.54, 1.807) is 6.92 Å². The van der Waals surface area contributed by atoms with Crippen LogP contribution in [0.25, 0.3) is 0 Å². The third kappa shape index (κ3) is 3.06. The summed E-state index contributed by atoms with van der Waals surface area (Å²) in [5.74, 6) is 0. The molecule has 0 fully saturated rings. The van der Waals surface area contributed by atoms with Crippen molar-refractivity contribution in [2.45, 2.75) is 22.0 Å². The summed E-state index contributed by atoms with van der Waals surface area (Å²) in [6.45, 7) is 2.12. The average molecular weight is 357 g/mol. The lowest BCUT2D eigenvalue weighted by atomic mass is 9.98. The molecule has 0 N–H and O–H groups in total. The van der Waals surface area contributed by atoms with Gasteiger partial charge in [-0.05, 0) is 18.6 Å². The fourth-order valence-electron chi connectivity index (χ4n) is 2.14. The Kier molecular flexibility index (Phi) is 4.27. The lowest BCUT2D eigenvalue weighted by molar-refractivity contribution is 0.174. The van der Waals surface area contributed by atoms with E-state index < -0.39 is 13.6 Å². The van der Waals surface area contributed by atoms with Crippen LogP contribution < -0.4 is 0 Å². The standard InChI is InChI=1S/C12H12Cl3NO3S/c1-7-8(12(13,14)15)3-4-10(20(2,17)18)11(7)9-5-6-19-16-9/h3-4H,5-6H2,1-2H3. The zero-order valence-corrected chi connectivity index (χ0v) is 13.9. The van der Waals surface area contributed by atoms with Gasteiger partial charge < -0.3 is 4.84 Å². The molecule has 1 aromatic rings. The van der Waals surface area contributed by atoms with Gasteiger partial charge >= 0.3 is 0 Å². The molecule has 0 aliphatic carbocycles. The van der Waals surface area contributed by atoms with Crippen molar-refractivity contribution in [1.29, 1.82) is 0 Å². The SMILES string of the molecule is Cc1c(C(Cl)(Cl)Cl)ccc(S(C)(=O)=O)c1C1=NOCC1. The molecule has 110 valence electrons. The van der Waals surface area contributed by atoms with Crippen LogP contribution in [0, 0.1) is 6.92 Å². The molecule has 0 bridgehead atoms. The summed E-state index contributed by atoms with van der Waals surface area (Å²) in [7, 11) is -3.42. The first kappa shape index (κ1) is 15.9. The molecule has 0 aromatic heterocycles. The molecule has 2 rings (SSSR count). The van der Waals surface area contributed by atoms with Crippen molar-refractivity contribution in [3.8, 4) is 0 Å². The van der Waals surface area contributed by atoms with Crippen LogP contribution in [0.1, 0.15) is 23.1 Å². The van der Waals surface area contributed by atoms with E-state index in [4.69, 9.17) is 39.6 Å². The van der Waals surface area contributed by atoms with Crippen molar-refractivity contribution in [2.75, 3.05) is 12.9 Å². The predicted molar refractivity (Wildman–Crippen MR) is 80.6 cm³/mol. The zero-order chi connectivity index (χ0) is 15.1. The average Bonchev–Trinajstić information content (AvgIpc) is 2.78. The lowest BCUT2D eigenvalue weighted by Crippen LogP contribution is -2.14. The first-order valence-corrected chi connectivity index (χ1v) is 8.75. The Labute approximate surface area is 132 Å². The second-order valence-electron chi connectivity index (χ2n) is 4.50. The first-order valence-electron chi connectivity index (χ1n) is 5.72. The van der Waals surface area contributed by atoms with Crippen molar-refractivity contribution in [3.05, 3.63) is 28.8 Å². The van der Waals surface area contributed by atoms with Crippen LogP contribution >= 0.6 is 34.8 Å². The smallest absolute Gasteiger partial charge is 0.216 e. The summed E-state index contributed by atoms with van der Waals surface area (Å²) in [5, 5.41) is 3.89. The highest BCUT2D eigenvalue weighted by atomic mass is 35.6. The van der Waals surface area contributed by atoms with Gasteiger partial charge in [0.15, 0.2) is 9.84 Å². The highest BCUT2D eigenvalue weighted by Gasteiger charge is 2.30. The number of oxime groups is 1. The van der Waals surface area contributed by atoms with E-state index in [0.29, 0.717) is 35.4 Å². The van der Waals surface area contributed by atoms with Gasteiger partial charge in [0.05, 0.1) is 10.6 Å². The molecule has 1 aromatic carbocycles. The monoisotopic (exact) mass is 355 g/mol. The summed E-state index contributed by atoms with van der Waals surface area (Å²) in [5.41, 5.74) is 2.03. The van der Waals surface area contributed by atoms with Gasteiger partial charge in [-0.1, -0.05) is 46.0 Å². The molecule has 0 radical (unpaired) electrons. The van der Waals surface area contributed by atoms with E-state index >= 15 is 0 Å². The molecule has 1 heterocycles. The quantitative estimate of drug-likeness (QED) is 0.764. The van der Waals surface area contributed by atoms with Gasteiger partial charge in [-0.2, -0.15) is 0 Å². The molecule has 1 aliphatic heterocycles. The number of sulfone groups is 1. The minimum absolute atomic E-state index is 0.164. The van der Waals surface area contributed by atoms with Gasteiger partial charge in [0.25, 0.3) is 0 Å². The zero-order valence-electron chi connectivity index (χ0n) is 10.8. The molecular weight excluding hydrogens is 345 g/mol. The fourth-order valence-corrected chi connectivity index (χ4v) is 3.71. The van der Waals surface area contributed by atoms with Crippen LogP contribution in [-0.4, -0.2) is 27.0 Å². The molecule has 0 saturated carbocycles. The van der Waals surface area contributed by atoms with Crippen molar-refractivity contribution >= 4 is 50.4 Å². The predicted octanol–water partition coefficient (Wildman–Crippen LogP) is 3.35. The maximum atomic E-state index is 11.9. The Morgan fingerprint density at radius 2 is 1.95 bits per heavy atom. The molecule has 0 atom stereocenters. The van der Waals surface area contributed by atoms with Gasteiger partial charge in [-0.15, -0.1) is 0 Å². The highest BCUT2D eigenvalue weighted by Crippen LogP contribution is 2.42. The van der Waals surface area contributed by atoms with Crippen molar-refractivity contribution in [2.24, 2.45) is 5.16 Å². The van der Waals surface area contributed by atoms with Crippen molar-refractivity contribution < 1.29 is 13.3 Å². The molecule has 0 spiro atoms. The number of halogens is 3. The number of alkyl halides is 3. The third-order valence-corrected chi connectivity index (χ3v) is 4.78. The van der Waals surface area contributed by atoms with Gasteiger partial charge in [-0.3, -0.25) is 0 Å². The lowest BCUT2D eigenvalue weighted by Gasteiger charge is -2.19. The molecule has 20 heavy (non-hydrogen) atoms. The number of benzene rings is 1. The number of nitrogens with zero attached hydrogens (tertiary/aromatic N) is 1. The van der Waals surface area contributed by atoms with E-state index in [0.717, 1.165) is 6.26 Å². The van der Waals surface area contributed by atoms with Crippen molar-refractivity contribution in [3.63, 3.8) is 0 Å². The molecule has 1 aliphatic rings. The van der Waals surface area contributed by atoms with Gasteiger partial charge in [0, 0.05) is 23.8 Å². The van der Waals surface area contributed by atoms with E-state index in [-0.39, 0.29) is 4.90 Å². The summed E-state index contributed by atoms with van der Waals surface area (Å²) >= 11 is 17.8. The molecular formula is C12H12Cl3NO3S. The van der Waals surface area contributed by atoms with Crippen LogP contribution in [0.5, 0.6) is 0 Å². The summed E-state index contributed by atoms with van der Waals surface area (Å²) in [6.07, 6.45) is 1.66. The molecule has 8 heteroatoms. The Bertz CT molecular complexity index is 678. The largest absolute Gasteiger partial charge is 0.395 e. The topological polar surface area (TPSA) is 55.7 Å². The first-order chi connectivity index (χ1) is 9.12. The molecule has 0 saturated heterocycles. The Balaban J connectivity index is 2.77. The van der Waals surface area contributed by atoms with Crippen LogP contribution in [-0.2, 0) is 18.5 Å². The van der Waals surface area contributed by atoms with Gasteiger partial charge in [0.2, 0.25) is 3.79 Å². The second-order valence-corrected chi connectivity index (χ2v) is 8.77. The maximum Gasteiger partial charge on any atom is 0.216 e. The molecule has 0 amide bonds. The molecule has 0 unspecified atom stereocenters. The Morgan fingerprint density at radius 3 is 2.40 bits per heavy atom. The second kappa shape index (κ2) is 5.37. The molecule has 4 nitrogen and oxygen atoms in total. The van der Waals surface area contributed by atoms with Crippen LogP contribution in [0.3, 0.4) is 0 Å². The van der Waals surface area contributed by atoms with Crippen LogP contribution in [0.4, 0.5) is 0 Å². The van der Waals surface area contributed by atoms with Crippen molar-refractivity contribution in [1.82, 2.24) is 0 Å². The van der Waals surface area contributed by atoms with Gasteiger partial charge in [-0.25, -0.2) is 8.42 Å². The maximum absolute atomic E-state index is 11.9. The summed E-state index contributed by atoms with van der Waals surface area (Å²) in [4.78, 5) is 5.12. The van der Waals surface area contributed by atoms with Crippen LogP contribution in [0.15, 0.2) is 22.2 Å². The van der Waals surface area contributed by atoms with Gasteiger partial charge in [0.1, 0.15) is 6.61 Å². The Morgan fingerprint density at radius 1 is 1.30 bits per heavy atom. The minimum Gasteiger partial charge on any atom is -0.395 e. The Hall–Kier alpha value is -0.490. The highest BCUT2D eigenvalue weighted by molar-refractivity contribution is 7.90. The number of rotatable bonds is 2. The normalized spacial score (nSPS) is 15.9. The van der Waals surface area contributed by atoms with E-state index in [9.17, 15) is 8.42 Å². The van der Waals surface area contributed by atoms with E-state index in [1.807, 2.05) is 0 Å². The fraction of sp³-hybridized carbons (Fsp3) is 0.417. The minimum atomic E-state index is -3.42. The van der Waals surface area contributed by atoms with E-state index in [2.05, 4.69) is 5.16 Å². The number of hydrogen-bond donors (Lipinski definition) is 0. The third-order valence-electron chi connectivity index (χ3n) is 3.03. The summed E-state index contributed by atoms with van der Waals surface area (Å²) in [6, 6.07) is 2.95.